The van der Waals surface area contributed by atoms with Crippen LogP contribution in [0.1, 0.15) is 6.92 Å². The first-order valence-corrected chi connectivity index (χ1v) is 6.92. The Hall–Kier alpha value is -1.48. The third-order valence-electron chi connectivity index (χ3n) is 2.81. The highest BCUT2D eigenvalue weighted by molar-refractivity contribution is 7.89. The average molecular weight is 288 g/mol. The second kappa shape index (κ2) is 5.66. The van der Waals surface area contributed by atoms with Crippen molar-refractivity contribution in [3.63, 3.8) is 0 Å². The van der Waals surface area contributed by atoms with E-state index in [1.165, 1.54) is 31.2 Å². The number of hydrogen-bond donors (Lipinski definition) is 3. The summed E-state index contributed by atoms with van der Waals surface area (Å²) < 4.78 is 22.2. The Morgan fingerprint density at radius 3 is 2.05 bits per heavy atom. The number of aliphatic hydroxyl groups is 2. The molecule has 0 saturated heterocycles. The van der Waals surface area contributed by atoms with Crippen molar-refractivity contribution < 1.29 is 23.4 Å². The molecule has 8 heteroatoms. The number of carbonyl (C=O) groups is 1. The van der Waals surface area contributed by atoms with Crippen molar-refractivity contribution in [1.82, 2.24) is 0 Å². The predicted molar refractivity (Wildman–Crippen MR) is 68.9 cm³/mol. The number of carbonyl (C=O) groups excluding carboxylic acids is 1. The maximum absolute atomic E-state index is 11.1. The fraction of sp³-hybridized carbons (Fsp3) is 0.364. The van der Waals surface area contributed by atoms with E-state index in [4.69, 9.17) is 5.14 Å². The monoisotopic (exact) mass is 288 g/mol. The maximum Gasteiger partial charge on any atom is 0.238 e. The Morgan fingerprint density at radius 1 is 1.26 bits per heavy atom. The number of nitrogens with two attached hydrogens (primary N) is 1. The molecule has 0 aliphatic heterocycles. The van der Waals surface area contributed by atoms with E-state index in [1.807, 2.05) is 0 Å². The lowest BCUT2D eigenvalue weighted by atomic mass is 10.0. The Balaban J connectivity index is 3.18. The molecule has 19 heavy (non-hydrogen) atoms. The van der Waals surface area contributed by atoms with Crippen LogP contribution in [0.15, 0.2) is 29.2 Å². The smallest absolute Gasteiger partial charge is 0.238 e. The normalized spacial score (nSPS) is 12.2. The van der Waals surface area contributed by atoms with E-state index in [2.05, 4.69) is 0 Å². The summed E-state index contributed by atoms with van der Waals surface area (Å²) in [5, 5.41) is 23.5. The first-order chi connectivity index (χ1) is 8.78. The molecule has 0 spiro atoms. The number of hydrogen-bond acceptors (Lipinski definition) is 5. The van der Waals surface area contributed by atoms with Gasteiger partial charge in [0, 0.05) is 5.69 Å². The summed E-state index contributed by atoms with van der Waals surface area (Å²) in [6.45, 7) is 0.605. The molecule has 7 nitrogen and oxygen atoms in total. The van der Waals surface area contributed by atoms with Crippen LogP contribution in [0.3, 0.4) is 0 Å². The Labute approximate surface area is 111 Å². The fourth-order valence-electron chi connectivity index (χ4n) is 1.50. The van der Waals surface area contributed by atoms with Crippen LogP contribution in [0.5, 0.6) is 0 Å². The van der Waals surface area contributed by atoms with Crippen LogP contribution in [0, 0.1) is 0 Å². The zero-order valence-corrected chi connectivity index (χ0v) is 11.2. The minimum absolute atomic E-state index is 0.0863. The fourth-order valence-corrected chi connectivity index (χ4v) is 2.01. The van der Waals surface area contributed by atoms with Gasteiger partial charge in [-0.05, 0) is 31.2 Å². The Bertz CT molecular complexity index is 537. The maximum atomic E-state index is 11.1. The van der Waals surface area contributed by atoms with Gasteiger partial charge in [-0.15, -0.1) is 0 Å². The average Bonchev–Trinajstić information content (AvgIpc) is 2.38. The summed E-state index contributed by atoms with van der Waals surface area (Å²) in [6.07, 6.45) is 0.457. The number of primary sulfonamides is 1. The number of amides is 1. The molecule has 1 amide bonds. The predicted octanol–water partition coefficient (Wildman–Crippen LogP) is -0.960. The molecule has 4 N–H and O–H groups in total. The van der Waals surface area contributed by atoms with Gasteiger partial charge in [-0.25, -0.2) is 13.6 Å². The summed E-state index contributed by atoms with van der Waals surface area (Å²) in [6, 6.07) is 5.24. The zero-order chi connectivity index (χ0) is 14.7. The van der Waals surface area contributed by atoms with Crippen molar-refractivity contribution in [3.8, 4) is 0 Å². The lowest BCUT2D eigenvalue weighted by Crippen LogP contribution is -2.51. The standard InChI is InChI=1S/C11H16N2O5S/c1-11(6-14,7-15)13(8-16)9-2-4-10(5-3-9)19(12,17)18/h2-5,8,14-15H,6-7H2,1H3,(H2,12,17,18). The van der Waals surface area contributed by atoms with Gasteiger partial charge < -0.3 is 15.1 Å². The van der Waals surface area contributed by atoms with E-state index in [0.29, 0.717) is 12.1 Å². The highest BCUT2D eigenvalue weighted by atomic mass is 32.2. The third-order valence-corrected chi connectivity index (χ3v) is 3.74. The van der Waals surface area contributed by atoms with Crippen LogP contribution in [0.25, 0.3) is 0 Å². The third kappa shape index (κ3) is 3.29. The van der Waals surface area contributed by atoms with Gasteiger partial charge >= 0.3 is 0 Å². The number of nitrogens with zero attached hydrogens (tertiary/aromatic N) is 1. The number of benzene rings is 1. The zero-order valence-electron chi connectivity index (χ0n) is 10.4. The number of rotatable bonds is 6. The van der Waals surface area contributed by atoms with E-state index in [0.717, 1.165) is 4.90 Å². The molecular weight excluding hydrogens is 272 g/mol. The molecule has 106 valence electrons. The molecule has 1 aromatic rings. The van der Waals surface area contributed by atoms with Gasteiger partial charge in [-0.3, -0.25) is 4.79 Å². The van der Waals surface area contributed by atoms with E-state index in [-0.39, 0.29) is 4.90 Å². The minimum Gasteiger partial charge on any atom is -0.394 e. The molecule has 1 rings (SSSR count). The number of anilines is 1. The highest BCUT2D eigenvalue weighted by Crippen LogP contribution is 2.23. The highest BCUT2D eigenvalue weighted by Gasteiger charge is 2.31. The molecule has 0 radical (unpaired) electrons. The van der Waals surface area contributed by atoms with Crippen LogP contribution in [-0.4, -0.2) is 43.8 Å². The van der Waals surface area contributed by atoms with E-state index in [1.54, 1.807) is 0 Å². The molecule has 0 fully saturated rings. The first-order valence-electron chi connectivity index (χ1n) is 5.38. The van der Waals surface area contributed by atoms with Gasteiger partial charge in [0.25, 0.3) is 0 Å². The van der Waals surface area contributed by atoms with Crippen molar-refractivity contribution >= 4 is 22.1 Å². The Morgan fingerprint density at radius 2 is 1.74 bits per heavy atom. The molecule has 0 aliphatic rings. The SMILES string of the molecule is CC(CO)(CO)N(C=O)c1ccc(S(N)(=O)=O)cc1. The minimum atomic E-state index is -3.80. The summed E-state index contributed by atoms with van der Waals surface area (Å²) >= 11 is 0. The Kier molecular flexibility index (Phi) is 4.64. The van der Waals surface area contributed by atoms with Crippen LogP contribution in [-0.2, 0) is 14.8 Å². The molecule has 0 aromatic heterocycles. The van der Waals surface area contributed by atoms with E-state index in [9.17, 15) is 23.4 Å². The second-order valence-corrected chi connectivity index (χ2v) is 5.89. The largest absolute Gasteiger partial charge is 0.394 e. The van der Waals surface area contributed by atoms with Crippen molar-refractivity contribution in [2.75, 3.05) is 18.1 Å². The van der Waals surface area contributed by atoms with Crippen LogP contribution in [0.4, 0.5) is 5.69 Å². The quantitative estimate of drug-likeness (QED) is 0.582. The number of sulfonamides is 1. The summed E-state index contributed by atoms with van der Waals surface area (Å²) in [7, 11) is -3.80. The van der Waals surface area contributed by atoms with Crippen molar-refractivity contribution in [2.45, 2.75) is 17.4 Å². The first kappa shape index (κ1) is 15.6. The molecular formula is C11H16N2O5S. The van der Waals surface area contributed by atoms with Gasteiger partial charge in [-0.1, -0.05) is 0 Å². The lowest BCUT2D eigenvalue weighted by Gasteiger charge is -2.35. The second-order valence-electron chi connectivity index (χ2n) is 4.33. The number of aliphatic hydroxyl groups excluding tert-OH is 2. The van der Waals surface area contributed by atoms with Gasteiger partial charge in [0.2, 0.25) is 16.4 Å². The molecule has 0 unspecified atom stereocenters. The van der Waals surface area contributed by atoms with Gasteiger partial charge in [0.1, 0.15) is 0 Å². The topological polar surface area (TPSA) is 121 Å². The van der Waals surface area contributed by atoms with Crippen LogP contribution < -0.4 is 10.0 Å². The molecule has 0 bridgehead atoms. The molecule has 0 aliphatic carbocycles. The van der Waals surface area contributed by atoms with Crippen molar-refractivity contribution in [2.24, 2.45) is 5.14 Å². The molecule has 0 saturated carbocycles. The van der Waals surface area contributed by atoms with E-state index < -0.39 is 28.8 Å². The lowest BCUT2D eigenvalue weighted by molar-refractivity contribution is -0.109. The van der Waals surface area contributed by atoms with Crippen molar-refractivity contribution in [3.05, 3.63) is 24.3 Å². The summed E-state index contributed by atoms with van der Waals surface area (Å²) in [5.41, 5.74) is -0.835. The van der Waals surface area contributed by atoms with Gasteiger partial charge in [-0.2, -0.15) is 0 Å². The van der Waals surface area contributed by atoms with Crippen molar-refractivity contribution in [1.29, 1.82) is 0 Å². The van der Waals surface area contributed by atoms with Gasteiger partial charge in [0.15, 0.2) is 0 Å². The molecule has 1 aromatic carbocycles. The van der Waals surface area contributed by atoms with Crippen LogP contribution in [0.2, 0.25) is 0 Å². The van der Waals surface area contributed by atoms with E-state index >= 15 is 0 Å². The van der Waals surface area contributed by atoms with Gasteiger partial charge in [0.05, 0.1) is 23.6 Å². The van der Waals surface area contributed by atoms with Crippen LogP contribution >= 0.6 is 0 Å². The summed E-state index contributed by atoms with van der Waals surface area (Å²) in [5.74, 6) is 0. The molecule has 0 atom stereocenters. The molecule has 0 heterocycles. The summed E-state index contributed by atoms with van der Waals surface area (Å²) in [4.78, 5) is 12.2.